The van der Waals surface area contributed by atoms with Gasteiger partial charge >= 0.3 is 5.97 Å². The summed E-state index contributed by atoms with van der Waals surface area (Å²) in [6.45, 7) is 1.66. The number of ether oxygens (including phenoxy) is 1. The molecule has 0 bridgehead atoms. The normalized spacial score (nSPS) is 23.5. The summed E-state index contributed by atoms with van der Waals surface area (Å²) >= 11 is 3.40. The SMILES string of the molecule is C[C@H](Oc1ccc(Br)cc1[C@H]1C[C@@H]1CO)C(=O)O. The maximum atomic E-state index is 10.8. The van der Waals surface area contributed by atoms with Crippen LogP contribution in [0.4, 0.5) is 0 Å². The molecular weight excluding hydrogens is 300 g/mol. The Morgan fingerprint density at radius 1 is 1.61 bits per heavy atom. The van der Waals surface area contributed by atoms with E-state index < -0.39 is 12.1 Å². The second-order valence-electron chi connectivity index (χ2n) is 4.57. The average molecular weight is 315 g/mol. The molecule has 1 aromatic rings. The first kappa shape index (κ1) is 13.4. The van der Waals surface area contributed by atoms with Gasteiger partial charge in [0, 0.05) is 11.1 Å². The third-order valence-electron chi connectivity index (χ3n) is 3.18. The van der Waals surface area contributed by atoms with Crippen molar-refractivity contribution in [1.82, 2.24) is 0 Å². The second kappa shape index (κ2) is 5.28. The van der Waals surface area contributed by atoms with Gasteiger partial charge in [-0.15, -0.1) is 0 Å². The van der Waals surface area contributed by atoms with Crippen molar-refractivity contribution >= 4 is 21.9 Å². The van der Waals surface area contributed by atoms with Crippen LogP contribution in [0.3, 0.4) is 0 Å². The van der Waals surface area contributed by atoms with Crippen LogP contribution in [-0.4, -0.2) is 28.9 Å². The first-order chi connectivity index (χ1) is 8.52. The smallest absolute Gasteiger partial charge is 0.344 e. The fourth-order valence-electron chi connectivity index (χ4n) is 1.99. The van der Waals surface area contributed by atoms with Gasteiger partial charge in [0.25, 0.3) is 0 Å². The van der Waals surface area contributed by atoms with Crippen LogP contribution in [0.1, 0.15) is 24.8 Å². The van der Waals surface area contributed by atoms with Crippen LogP contribution in [-0.2, 0) is 4.79 Å². The fourth-order valence-corrected chi connectivity index (χ4v) is 2.37. The van der Waals surface area contributed by atoms with Crippen LogP contribution in [0, 0.1) is 5.92 Å². The minimum atomic E-state index is -0.988. The number of benzene rings is 1. The topological polar surface area (TPSA) is 66.8 Å². The van der Waals surface area contributed by atoms with Crippen LogP contribution in [0.15, 0.2) is 22.7 Å². The lowest BCUT2D eigenvalue weighted by atomic mass is 10.1. The van der Waals surface area contributed by atoms with Crippen LogP contribution >= 0.6 is 15.9 Å². The van der Waals surface area contributed by atoms with Gasteiger partial charge in [-0.05, 0) is 48.9 Å². The van der Waals surface area contributed by atoms with E-state index in [1.54, 1.807) is 6.07 Å². The summed E-state index contributed by atoms with van der Waals surface area (Å²) in [5.41, 5.74) is 0.969. The molecule has 1 aliphatic rings. The number of carboxylic acid groups (broad SMARTS) is 1. The number of hydrogen-bond donors (Lipinski definition) is 2. The first-order valence-corrected chi connectivity index (χ1v) is 6.62. The Kier molecular flexibility index (Phi) is 3.92. The fraction of sp³-hybridized carbons (Fsp3) is 0.462. The predicted molar refractivity (Wildman–Crippen MR) is 69.8 cm³/mol. The Hall–Kier alpha value is -1.07. The van der Waals surface area contributed by atoms with Crippen molar-refractivity contribution in [1.29, 1.82) is 0 Å². The van der Waals surface area contributed by atoms with Gasteiger partial charge in [0.1, 0.15) is 5.75 Å². The molecule has 5 heteroatoms. The molecule has 0 radical (unpaired) electrons. The van der Waals surface area contributed by atoms with Crippen LogP contribution in [0.25, 0.3) is 0 Å². The highest BCUT2D eigenvalue weighted by atomic mass is 79.9. The summed E-state index contributed by atoms with van der Waals surface area (Å²) in [4.78, 5) is 10.8. The van der Waals surface area contributed by atoms with E-state index in [2.05, 4.69) is 15.9 Å². The van der Waals surface area contributed by atoms with Crippen molar-refractivity contribution in [2.24, 2.45) is 5.92 Å². The number of carbonyl (C=O) groups is 1. The van der Waals surface area contributed by atoms with Gasteiger partial charge in [0.2, 0.25) is 0 Å². The summed E-state index contributed by atoms with van der Waals surface area (Å²) in [7, 11) is 0. The lowest BCUT2D eigenvalue weighted by Gasteiger charge is -2.15. The molecule has 18 heavy (non-hydrogen) atoms. The van der Waals surface area contributed by atoms with E-state index in [-0.39, 0.29) is 18.4 Å². The van der Waals surface area contributed by atoms with Gasteiger partial charge in [-0.2, -0.15) is 0 Å². The number of halogens is 1. The molecule has 0 amide bonds. The summed E-state index contributed by atoms with van der Waals surface area (Å²) < 4.78 is 6.38. The number of aliphatic carboxylic acids is 1. The van der Waals surface area contributed by atoms with Gasteiger partial charge in [0.15, 0.2) is 6.10 Å². The van der Waals surface area contributed by atoms with E-state index in [0.29, 0.717) is 5.75 Å². The molecule has 4 nitrogen and oxygen atoms in total. The lowest BCUT2D eigenvalue weighted by molar-refractivity contribution is -0.144. The Balaban J connectivity index is 2.21. The maximum absolute atomic E-state index is 10.8. The molecule has 0 aliphatic heterocycles. The van der Waals surface area contributed by atoms with E-state index in [4.69, 9.17) is 14.9 Å². The lowest BCUT2D eigenvalue weighted by Crippen LogP contribution is -2.23. The second-order valence-corrected chi connectivity index (χ2v) is 5.48. The minimum absolute atomic E-state index is 0.158. The zero-order valence-electron chi connectivity index (χ0n) is 9.97. The molecule has 0 saturated heterocycles. The maximum Gasteiger partial charge on any atom is 0.344 e. The van der Waals surface area contributed by atoms with Crippen molar-refractivity contribution in [3.63, 3.8) is 0 Å². The third kappa shape index (κ3) is 2.84. The van der Waals surface area contributed by atoms with Crippen molar-refractivity contribution in [2.75, 3.05) is 6.61 Å². The van der Waals surface area contributed by atoms with Crippen LogP contribution < -0.4 is 4.74 Å². The van der Waals surface area contributed by atoms with Gasteiger partial charge in [0.05, 0.1) is 0 Å². The van der Waals surface area contributed by atoms with E-state index in [1.807, 2.05) is 12.1 Å². The predicted octanol–water partition coefficient (Wildman–Crippen LogP) is 2.40. The molecule has 98 valence electrons. The number of aliphatic hydroxyl groups is 1. The molecule has 0 aromatic heterocycles. The van der Waals surface area contributed by atoms with Crippen molar-refractivity contribution < 1.29 is 19.7 Å². The van der Waals surface area contributed by atoms with Crippen LogP contribution in [0.5, 0.6) is 5.75 Å². The first-order valence-electron chi connectivity index (χ1n) is 5.82. The molecule has 3 atom stereocenters. The Bertz CT molecular complexity index is 460. The third-order valence-corrected chi connectivity index (χ3v) is 3.67. The van der Waals surface area contributed by atoms with Crippen molar-refractivity contribution in [3.8, 4) is 5.75 Å². The molecular formula is C13H15BrO4. The monoisotopic (exact) mass is 314 g/mol. The Morgan fingerprint density at radius 2 is 2.33 bits per heavy atom. The number of hydrogen-bond acceptors (Lipinski definition) is 3. The van der Waals surface area contributed by atoms with Crippen molar-refractivity contribution in [2.45, 2.75) is 25.4 Å². The molecule has 1 aliphatic carbocycles. The molecule has 0 spiro atoms. The Labute approximate surface area is 114 Å². The number of carboxylic acids is 1. The van der Waals surface area contributed by atoms with E-state index >= 15 is 0 Å². The Morgan fingerprint density at radius 3 is 2.89 bits per heavy atom. The summed E-state index contributed by atoms with van der Waals surface area (Å²) in [5, 5.41) is 18.0. The van der Waals surface area contributed by atoms with E-state index in [0.717, 1.165) is 16.5 Å². The van der Waals surface area contributed by atoms with Gasteiger partial charge in [-0.25, -0.2) is 4.79 Å². The quantitative estimate of drug-likeness (QED) is 0.875. The van der Waals surface area contributed by atoms with E-state index in [9.17, 15) is 4.79 Å². The highest BCUT2D eigenvalue weighted by molar-refractivity contribution is 9.10. The number of rotatable bonds is 5. The molecule has 1 fully saturated rings. The van der Waals surface area contributed by atoms with Gasteiger partial charge in [-0.1, -0.05) is 15.9 Å². The summed E-state index contributed by atoms with van der Waals surface area (Å²) in [6.07, 6.45) is 0.0429. The summed E-state index contributed by atoms with van der Waals surface area (Å²) in [6, 6.07) is 5.53. The zero-order chi connectivity index (χ0) is 13.3. The highest BCUT2D eigenvalue weighted by Gasteiger charge is 2.39. The van der Waals surface area contributed by atoms with Crippen molar-refractivity contribution in [3.05, 3.63) is 28.2 Å². The minimum Gasteiger partial charge on any atom is -0.479 e. The average Bonchev–Trinajstić information content (AvgIpc) is 3.10. The highest BCUT2D eigenvalue weighted by Crippen LogP contribution is 2.50. The summed E-state index contributed by atoms with van der Waals surface area (Å²) in [5.74, 6) is 0.137. The number of aliphatic hydroxyl groups excluding tert-OH is 1. The molecule has 1 saturated carbocycles. The van der Waals surface area contributed by atoms with Crippen LogP contribution in [0.2, 0.25) is 0 Å². The molecule has 0 unspecified atom stereocenters. The standard InChI is InChI=1S/C13H15BrO4/c1-7(13(16)17)18-12-3-2-9(14)5-11(12)10-4-8(10)6-15/h2-3,5,7-8,10,15H,4,6H2,1H3,(H,16,17)/t7-,8+,10-/m0/s1. The molecule has 1 aromatic carbocycles. The molecule has 0 heterocycles. The molecule has 2 rings (SSSR count). The largest absolute Gasteiger partial charge is 0.479 e. The molecule has 2 N–H and O–H groups in total. The van der Waals surface area contributed by atoms with Gasteiger partial charge in [-0.3, -0.25) is 0 Å². The van der Waals surface area contributed by atoms with E-state index in [1.165, 1.54) is 6.92 Å². The zero-order valence-corrected chi connectivity index (χ0v) is 11.6. The van der Waals surface area contributed by atoms with Gasteiger partial charge < -0.3 is 14.9 Å².